The number of thioether (sulfide) groups is 1. The molecule has 0 saturated carbocycles. The van der Waals surface area contributed by atoms with Crippen molar-refractivity contribution in [2.75, 3.05) is 12.0 Å². The van der Waals surface area contributed by atoms with Gasteiger partial charge in [0, 0.05) is 13.1 Å². The summed E-state index contributed by atoms with van der Waals surface area (Å²) >= 11 is 1.55. The summed E-state index contributed by atoms with van der Waals surface area (Å²) in [4.78, 5) is 3.78. The Kier molecular flexibility index (Phi) is 2.19. The first-order valence-corrected chi connectivity index (χ1v) is 4.29. The standard InChI is InChI=1S/C6H10N4S/c1-10-5(11-2)3-4(7)9-6(10)8/h3H,1-2H3,(H3,7,8,9). The van der Waals surface area contributed by atoms with Gasteiger partial charge >= 0.3 is 0 Å². The van der Waals surface area contributed by atoms with Crippen molar-refractivity contribution < 1.29 is 0 Å². The summed E-state index contributed by atoms with van der Waals surface area (Å²) in [6, 6.07) is 1.75. The van der Waals surface area contributed by atoms with Gasteiger partial charge in [0.2, 0.25) is 5.62 Å². The van der Waals surface area contributed by atoms with Crippen LogP contribution in [0.15, 0.2) is 11.1 Å². The van der Waals surface area contributed by atoms with Crippen LogP contribution in [0.1, 0.15) is 0 Å². The molecule has 0 unspecified atom stereocenters. The Balaban J connectivity index is 3.36. The lowest BCUT2D eigenvalue weighted by molar-refractivity contribution is 0.695. The number of nitrogens with zero attached hydrogens (tertiary/aromatic N) is 2. The second-order valence-corrected chi connectivity index (χ2v) is 2.93. The zero-order valence-corrected chi connectivity index (χ0v) is 7.27. The highest BCUT2D eigenvalue weighted by atomic mass is 32.2. The molecule has 5 heteroatoms. The minimum absolute atomic E-state index is 0.189. The van der Waals surface area contributed by atoms with Crippen LogP contribution >= 0.6 is 11.8 Å². The van der Waals surface area contributed by atoms with Gasteiger partial charge in [-0.05, 0) is 6.26 Å². The third-order valence-corrected chi connectivity index (χ3v) is 2.17. The van der Waals surface area contributed by atoms with Crippen molar-refractivity contribution in [2.45, 2.75) is 5.03 Å². The maximum atomic E-state index is 7.36. The highest BCUT2D eigenvalue weighted by molar-refractivity contribution is 7.98. The Morgan fingerprint density at radius 2 is 2.36 bits per heavy atom. The summed E-state index contributed by atoms with van der Waals surface area (Å²) in [6.07, 6.45) is 1.94. The predicted molar refractivity (Wildman–Crippen MR) is 45.3 cm³/mol. The smallest absolute Gasteiger partial charge is 0.224 e. The van der Waals surface area contributed by atoms with Gasteiger partial charge in [-0.25, -0.2) is 0 Å². The van der Waals surface area contributed by atoms with E-state index >= 15 is 0 Å². The van der Waals surface area contributed by atoms with E-state index in [0.29, 0.717) is 5.82 Å². The molecule has 0 aliphatic heterocycles. The molecule has 0 atom stereocenters. The van der Waals surface area contributed by atoms with Crippen molar-refractivity contribution in [3.63, 3.8) is 0 Å². The molecule has 0 bridgehead atoms. The first-order chi connectivity index (χ1) is 5.15. The molecule has 1 heterocycles. The van der Waals surface area contributed by atoms with Crippen LogP contribution in [0.25, 0.3) is 0 Å². The number of rotatable bonds is 1. The van der Waals surface area contributed by atoms with Crippen LogP contribution < -0.4 is 11.4 Å². The summed E-state index contributed by atoms with van der Waals surface area (Å²) in [6.45, 7) is 0. The molecule has 60 valence electrons. The number of nitrogens with one attached hydrogen (secondary N) is 1. The zero-order chi connectivity index (χ0) is 8.43. The Bertz CT molecular complexity index is 317. The van der Waals surface area contributed by atoms with E-state index < -0.39 is 0 Å². The topological polar surface area (TPSA) is 67.7 Å². The van der Waals surface area contributed by atoms with Crippen LogP contribution in [0, 0.1) is 5.41 Å². The van der Waals surface area contributed by atoms with Crippen LogP contribution in [0.3, 0.4) is 0 Å². The van der Waals surface area contributed by atoms with Crippen LogP contribution in [0.5, 0.6) is 0 Å². The fourth-order valence-electron chi connectivity index (χ4n) is 0.753. The summed E-state index contributed by atoms with van der Waals surface area (Å²) < 4.78 is 1.68. The predicted octanol–water partition coefficient (Wildman–Crippen LogP) is 0.204. The van der Waals surface area contributed by atoms with E-state index in [1.165, 1.54) is 0 Å². The van der Waals surface area contributed by atoms with E-state index in [1.807, 2.05) is 6.26 Å². The first-order valence-electron chi connectivity index (χ1n) is 3.07. The Morgan fingerprint density at radius 1 is 1.73 bits per heavy atom. The summed E-state index contributed by atoms with van der Waals surface area (Å²) in [5.41, 5.74) is 5.64. The number of hydrogen-bond acceptors (Lipinski definition) is 4. The van der Waals surface area contributed by atoms with Crippen molar-refractivity contribution in [3.8, 4) is 0 Å². The monoisotopic (exact) mass is 170 g/mol. The molecule has 4 nitrogen and oxygen atoms in total. The molecule has 3 N–H and O–H groups in total. The lowest BCUT2D eigenvalue weighted by Crippen LogP contribution is -2.22. The first kappa shape index (κ1) is 8.13. The summed E-state index contributed by atoms with van der Waals surface area (Å²) in [5.74, 6) is 0.400. The summed E-state index contributed by atoms with van der Waals surface area (Å²) in [7, 11) is 1.79. The summed E-state index contributed by atoms with van der Waals surface area (Å²) in [5, 5.41) is 8.31. The molecule has 0 saturated heterocycles. The average molecular weight is 170 g/mol. The molecular weight excluding hydrogens is 160 g/mol. The quantitative estimate of drug-likeness (QED) is 0.467. The second kappa shape index (κ2) is 2.96. The van der Waals surface area contributed by atoms with Crippen molar-refractivity contribution in [1.29, 1.82) is 5.41 Å². The van der Waals surface area contributed by atoms with Gasteiger partial charge in [0.15, 0.2) is 0 Å². The lowest BCUT2D eigenvalue weighted by atomic mass is 10.6. The average Bonchev–Trinajstić information content (AvgIpc) is 1.96. The highest BCUT2D eigenvalue weighted by Crippen LogP contribution is 2.12. The molecule has 0 spiro atoms. The van der Waals surface area contributed by atoms with Gasteiger partial charge in [0.05, 0.1) is 5.03 Å². The molecular formula is C6H10N4S. The third-order valence-electron chi connectivity index (χ3n) is 1.36. The molecule has 0 fully saturated rings. The Labute approximate surface area is 69.0 Å². The van der Waals surface area contributed by atoms with Crippen molar-refractivity contribution in [2.24, 2.45) is 7.05 Å². The molecule has 1 aromatic rings. The van der Waals surface area contributed by atoms with Gasteiger partial charge in [0.25, 0.3) is 0 Å². The van der Waals surface area contributed by atoms with E-state index in [4.69, 9.17) is 11.1 Å². The Hall–Kier alpha value is -0.970. The number of aromatic nitrogens is 2. The fraction of sp³-hybridized carbons (Fsp3) is 0.333. The van der Waals surface area contributed by atoms with Gasteiger partial charge in [0.1, 0.15) is 5.82 Å². The maximum Gasteiger partial charge on any atom is 0.224 e. The minimum Gasteiger partial charge on any atom is -0.383 e. The molecule has 0 aliphatic carbocycles. The molecule has 0 aromatic carbocycles. The molecule has 0 amide bonds. The SMILES string of the molecule is CSc1cc(N)nc(=N)n1C. The lowest BCUT2D eigenvalue weighted by Gasteiger charge is -2.05. The number of hydrogen-bond donors (Lipinski definition) is 2. The van der Waals surface area contributed by atoms with Crippen LogP contribution in [0.2, 0.25) is 0 Å². The molecule has 1 rings (SSSR count). The zero-order valence-electron chi connectivity index (χ0n) is 6.46. The fourth-order valence-corrected chi connectivity index (χ4v) is 1.35. The second-order valence-electron chi connectivity index (χ2n) is 2.11. The largest absolute Gasteiger partial charge is 0.383 e. The number of nitrogen functional groups attached to an aromatic ring is 1. The van der Waals surface area contributed by atoms with E-state index in [1.54, 1.807) is 29.4 Å². The van der Waals surface area contributed by atoms with E-state index in [-0.39, 0.29) is 5.62 Å². The van der Waals surface area contributed by atoms with Crippen LogP contribution in [-0.2, 0) is 7.05 Å². The van der Waals surface area contributed by atoms with Gasteiger partial charge < -0.3 is 10.3 Å². The number of nitrogens with two attached hydrogens (primary N) is 1. The van der Waals surface area contributed by atoms with Gasteiger partial charge in [-0.1, -0.05) is 0 Å². The van der Waals surface area contributed by atoms with E-state index in [0.717, 1.165) is 5.03 Å². The number of anilines is 1. The van der Waals surface area contributed by atoms with Gasteiger partial charge in [-0.15, -0.1) is 11.8 Å². The van der Waals surface area contributed by atoms with E-state index in [9.17, 15) is 0 Å². The van der Waals surface area contributed by atoms with Crippen molar-refractivity contribution in [3.05, 3.63) is 11.7 Å². The third kappa shape index (κ3) is 1.54. The van der Waals surface area contributed by atoms with Crippen molar-refractivity contribution >= 4 is 17.6 Å². The van der Waals surface area contributed by atoms with E-state index in [2.05, 4.69) is 4.98 Å². The van der Waals surface area contributed by atoms with Crippen LogP contribution in [-0.4, -0.2) is 15.8 Å². The Morgan fingerprint density at radius 3 is 2.91 bits per heavy atom. The molecule has 1 aromatic heterocycles. The maximum absolute atomic E-state index is 7.36. The van der Waals surface area contributed by atoms with Crippen LogP contribution in [0.4, 0.5) is 5.82 Å². The molecule has 11 heavy (non-hydrogen) atoms. The van der Waals surface area contributed by atoms with Crippen molar-refractivity contribution in [1.82, 2.24) is 9.55 Å². The normalized spacial score (nSPS) is 10.0. The van der Waals surface area contributed by atoms with Gasteiger partial charge in [-0.2, -0.15) is 4.98 Å². The van der Waals surface area contributed by atoms with Gasteiger partial charge in [-0.3, -0.25) is 5.41 Å². The molecule has 0 radical (unpaired) electrons. The highest BCUT2D eigenvalue weighted by Gasteiger charge is 1.97. The molecule has 0 aliphatic rings. The minimum atomic E-state index is 0.189.